The Labute approximate surface area is 181 Å². The van der Waals surface area contributed by atoms with E-state index < -0.39 is 10.0 Å². The number of hydrogen-bond acceptors (Lipinski definition) is 9. The summed E-state index contributed by atoms with van der Waals surface area (Å²) in [5.41, 5.74) is 1.61. The summed E-state index contributed by atoms with van der Waals surface area (Å²) in [7, 11) is -3.80. The molecule has 0 fully saturated rings. The quantitative estimate of drug-likeness (QED) is 0.513. The third-order valence-electron chi connectivity index (χ3n) is 3.66. The highest BCUT2D eigenvalue weighted by Gasteiger charge is 2.17. The summed E-state index contributed by atoms with van der Waals surface area (Å²) >= 11 is 2.29. The van der Waals surface area contributed by atoms with Gasteiger partial charge < -0.3 is 5.32 Å². The molecule has 0 aliphatic heterocycles. The molecule has 30 heavy (non-hydrogen) atoms. The summed E-state index contributed by atoms with van der Waals surface area (Å²) in [6, 6.07) is 11.2. The van der Waals surface area contributed by atoms with Crippen molar-refractivity contribution >= 4 is 49.8 Å². The Morgan fingerprint density at radius 3 is 2.53 bits per heavy atom. The molecule has 0 saturated carbocycles. The molecule has 0 atom stereocenters. The van der Waals surface area contributed by atoms with E-state index in [1.165, 1.54) is 24.3 Å². The SMILES string of the molecule is Cc1ccc(C#N)c(SCC(=O)Nc2ccc(S(=O)(=O)Nc3nnc(C)s3)cc2)n1. The highest BCUT2D eigenvalue weighted by Crippen LogP contribution is 2.22. The molecule has 2 aromatic heterocycles. The maximum atomic E-state index is 12.4. The van der Waals surface area contributed by atoms with Crippen molar-refractivity contribution in [1.82, 2.24) is 15.2 Å². The fourth-order valence-electron chi connectivity index (χ4n) is 2.29. The zero-order chi connectivity index (χ0) is 21.7. The molecule has 0 radical (unpaired) electrons. The van der Waals surface area contributed by atoms with Crippen molar-refractivity contribution in [3.05, 3.63) is 52.7 Å². The fourth-order valence-corrected chi connectivity index (χ4v) is 4.93. The molecule has 0 spiro atoms. The number of nitriles is 1. The number of aryl methyl sites for hydroxylation is 2. The zero-order valence-corrected chi connectivity index (χ0v) is 18.4. The second-order valence-electron chi connectivity index (χ2n) is 6.01. The molecule has 9 nitrogen and oxygen atoms in total. The van der Waals surface area contributed by atoms with Crippen LogP contribution in [-0.2, 0) is 14.8 Å². The number of anilines is 2. The van der Waals surface area contributed by atoms with E-state index >= 15 is 0 Å². The van der Waals surface area contributed by atoms with Crippen molar-refractivity contribution in [1.29, 1.82) is 5.26 Å². The lowest BCUT2D eigenvalue weighted by Gasteiger charge is -2.08. The second kappa shape index (κ2) is 9.21. The number of nitrogens with one attached hydrogen (secondary N) is 2. The van der Waals surface area contributed by atoms with E-state index in [0.29, 0.717) is 21.3 Å². The number of pyridine rings is 1. The van der Waals surface area contributed by atoms with Crippen molar-refractivity contribution in [2.45, 2.75) is 23.8 Å². The molecule has 0 aliphatic rings. The van der Waals surface area contributed by atoms with E-state index in [2.05, 4.69) is 25.2 Å². The molecule has 1 amide bonds. The van der Waals surface area contributed by atoms with E-state index in [0.717, 1.165) is 28.8 Å². The zero-order valence-electron chi connectivity index (χ0n) is 15.9. The molecule has 3 aromatic rings. The van der Waals surface area contributed by atoms with Gasteiger partial charge in [-0.05, 0) is 50.2 Å². The number of thioether (sulfide) groups is 1. The highest BCUT2D eigenvalue weighted by atomic mass is 32.2. The summed E-state index contributed by atoms with van der Waals surface area (Å²) < 4.78 is 27.2. The van der Waals surface area contributed by atoms with Crippen LogP contribution in [0.5, 0.6) is 0 Å². The van der Waals surface area contributed by atoms with E-state index in [1.54, 1.807) is 19.1 Å². The van der Waals surface area contributed by atoms with Gasteiger partial charge in [-0.25, -0.2) is 13.4 Å². The van der Waals surface area contributed by atoms with E-state index in [1.807, 2.05) is 13.0 Å². The molecule has 3 rings (SSSR count). The summed E-state index contributed by atoms with van der Waals surface area (Å²) in [4.78, 5) is 16.5. The van der Waals surface area contributed by atoms with Crippen molar-refractivity contribution in [3.63, 3.8) is 0 Å². The summed E-state index contributed by atoms with van der Waals surface area (Å²) in [5.74, 6) is -0.242. The van der Waals surface area contributed by atoms with E-state index in [-0.39, 0.29) is 21.7 Å². The summed E-state index contributed by atoms with van der Waals surface area (Å²) in [6.07, 6.45) is 0. The molecule has 0 saturated heterocycles. The van der Waals surface area contributed by atoms with Gasteiger partial charge in [-0.15, -0.1) is 10.2 Å². The Hall–Kier alpha value is -3.01. The number of sulfonamides is 1. The van der Waals surface area contributed by atoms with Gasteiger partial charge in [-0.1, -0.05) is 23.1 Å². The molecule has 1 aromatic carbocycles. The molecule has 2 heterocycles. The number of aromatic nitrogens is 3. The van der Waals surface area contributed by atoms with Crippen LogP contribution in [0, 0.1) is 25.2 Å². The average molecular weight is 461 g/mol. The Kier molecular flexibility index (Phi) is 6.66. The van der Waals surface area contributed by atoms with Crippen LogP contribution in [-0.4, -0.2) is 35.3 Å². The van der Waals surface area contributed by atoms with Gasteiger partial charge in [0.25, 0.3) is 10.0 Å². The molecule has 0 bridgehead atoms. The number of nitrogens with zero attached hydrogens (tertiary/aromatic N) is 4. The van der Waals surface area contributed by atoms with Crippen LogP contribution in [0.4, 0.5) is 10.8 Å². The number of rotatable bonds is 7. The maximum Gasteiger partial charge on any atom is 0.263 e. The van der Waals surface area contributed by atoms with Gasteiger partial charge in [0.05, 0.1) is 16.2 Å². The fraction of sp³-hybridized carbons (Fsp3) is 0.167. The van der Waals surface area contributed by atoms with Crippen LogP contribution in [0.1, 0.15) is 16.3 Å². The van der Waals surface area contributed by atoms with Crippen molar-refractivity contribution in [2.75, 3.05) is 15.8 Å². The first-order chi connectivity index (χ1) is 14.3. The number of benzene rings is 1. The topological polar surface area (TPSA) is 138 Å². The number of amides is 1. The molecule has 2 N–H and O–H groups in total. The molecular weight excluding hydrogens is 444 g/mol. The Balaban J connectivity index is 1.61. The maximum absolute atomic E-state index is 12.4. The van der Waals surface area contributed by atoms with Gasteiger partial charge in [0.15, 0.2) is 0 Å². The monoisotopic (exact) mass is 460 g/mol. The van der Waals surface area contributed by atoms with Gasteiger partial charge in [0, 0.05) is 11.4 Å². The van der Waals surface area contributed by atoms with Crippen molar-refractivity contribution < 1.29 is 13.2 Å². The molecule has 0 aliphatic carbocycles. The largest absolute Gasteiger partial charge is 0.325 e. The lowest BCUT2D eigenvalue weighted by Crippen LogP contribution is -2.15. The lowest BCUT2D eigenvalue weighted by molar-refractivity contribution is -0.113. The van der Waals surface area contributed by atoms with Gasteiger partial charge in [-0.2, -0.15) is 5.26 Å². The van der Waals surface area contributed by atoms with Gasteiger partial charge in [0.1, 0.15) is 16.1 Å². The number of carbonyl (C=O) groups excluding carboxylic acids is 1. The standard InChI is InChI=1S/C18H16N6O3S3/c1-11-3-4-13(9-19)17(20-11)28-10-16(25)21-14-5-7-15(8-6-14)30(26,27)24-18-23-22-12(2)29-18/h3-8H,10H2,1-2H3,(H,21,25)(H,23,24). The Bertz CT molecular complexity index is 1220. The van der Waals surface area contributed by atoms with Crippen LogP contribution in [0.2, 0.25) is 0 Å². The van der Waals surface area contributed by atoms with Crippen LogP contribution in [0.15, 0.2) is 46.3 Å². The number of hydrogen-bond donors (Lipinski definition) is 2. The first kappa shape index (κ1) is 21.7. The minimum Gasteiger partial charge on any atom is -0.325 e. The van der Waals surface area contributed by atoms with Crippen molar-refractivity contribution in [3.8, 4) is 6.07 Å². The third kappa shape index (κ3) is 5.53. The van der Waals surface area contributed by atoms with Crippen LogP contribution in [0.25, 0.3) is 0 Å². The normalized spacial score (nSPS) is 11.0. The molecule has 154 valence electrons. The van der Waals surface area contributed by atoms with E-state index in [9.17, 15) is 13.2 Å². The molecular formula is C18H16N6O3S3. The minimum absolute atomic E-state index is 0.0327. The molecule has 12 heteroatoms. The highest BCUT2D eigenvalue weighted by molar-refractivity contribution is 8.00. The second-order valence-corrected chi connectivity index (χ2v) is 9.84. The number of carbonyl (C=O) groups is 1. The predicted octanol–water partition coefficient (Wildman–Crippen LogP) is 2.95. The minimum atomic E-state index is -3.80. The predicted molar refractivity (Wildman–Crippen MR) is 115 cm³/mol. The lowest BCUT2D eigenvalue weighted by atomic mass is 10.3. The van der Waals surface area contributed by atoms with Crippen LogP contribution < -0.4 is 10.0 Å². The van der Waals surface area contributed by atoms with Crippen LogP contribution >= 0.6 is 23.1 Å². The van der Waals surface area contributed by atoms with Gasteiger partial charge in [0.2, 0.25) is 11.0 Å². The summed E-state index contributed by atoms with van der Waals surface area (Å²) in [6.45, 7) is 3.53. The third-order valence-corrected chi connectivity index (χ3v) is 6.89. The van der Waals surface area contributed by atoms with E-state index in [4.69, 9.17) is 5.26 Å². The Morgan fingerprint density at radius 1 is 1.17 bits per heavy atom. The first-order valence-corrected chi connectivity index (χ1v) is 11.8. The smallest absolute Gasteiger partial charge is 0.263 e. The van der Waals surface area contributed by atoms with Gasteiger partial charge in [-0.3, -0.25) is 9.52 Å². The van der Waals surface area contributed by atoms with Crippen LogP contribution in [0.3, 0.4) is 0 Å². The van der Waals surface area contributed by atoms with Crippen molar-refractivity contribution in [2.24, 2.45) is 0 Å². The first-order valence-electron chi connectivity index (χ1n) is 8.50. The Morgan fingerprint density at radius 2 is 1.90 bits per heavy atom. The average Bonchev–Trinajstić information content (AvgIpc) is 3.11. The summed E-state index contributed by atoms with van der Waals surface area (Å²) in [5, 5.41) is 20.6. The molecule has 0 unspecified atom stereocenters. The van der Waals surface area contributed by atoms with Gasteiger partial charge >= 0.3 is 0 Å².